The second kappa shape index (κ2) is 5.94. The Labute approximate surface area is 118 Å². The molecule has 0 bridgehead atoms. The van der Waals surface area contributed by atoms with E-state index in [1.54, 1.807) is 6.07 Å². The first-order chi connectivity index (χ1) is 8.99. The number of halogens is 1. The average molecular weight is 282 g/mol. The molecule has 3 nitrogen and oxygen atoms in total. The number of likely N-dealkylation sites (N-methyl/N-ethyl adjacent to an activating group) is 1. The minimum absolute atomic E-state index is 0.201. The van der Waals surface area contributed by atoms with Crippen LogP contribution in [-0.4, -0.2) is 35.7 Å². The van der Waals surface area contributed by atoms with E-state index < -0.39 is 0 Å². The molecule has 0 spiro atoms. The van der Waals surface area contributed by atoms with E-state index in [0.29, 0.717) is 17.6 Å². The highest BCUT2D eigenvalue weighted by atomic mass is 32.1. The summed E-state index contributed by atoms with van der Waals surface area (Å²) in [6, 6.07) is 4.89. The average Bonchev–Trinajstić information content (AvgIpc) is 2.75. The summed E-state index contributed by atoms with van der Waals surface area (Å²) in [5.74, 6) is -0.265. The van der Waals surface area contributed by atoms with Crippen molar-refractivity contribution in [1.29, 1.82) is 0 Å². The van der Waals surface area contributed by atoms with Gasteiger partial charge in [0.05, 0.1) is 6.10 Å². The molecule has 1 saturated heterocycles. The number of hydrogen-bond donors (Lipinski definition) is 1. The normalized spacial score (nSPS) is 22.9. The topological polar surface area (TPSA) is 38.5 Å². The van der Waals surface area contributed by atoms with Crippen molar-refractivity contribution in [2.75, 3.05) is 13.7 Å². The smallest absolute Gasteiger partial charge is 0.123 e. The maximum absolute atomic E-state index is 13.4. The van der Waals surface area contributed by atoms with E-state index in [0.717, 1.165) is 24.2 Å². The summed E-state index contributed by atoms with van der Waals surface area (Å²) < 4.78 is 18.9. The van der Waals surface area contributed by atoms with Gasteiger partial charge in [0.2, 0.25) is 0 Å². The predicted octanol–water partition coefficient (Wildman–Crippen LogP) is 2.07. The minimum Gasteiger partial charge on any atom is -0.389 e. The number of benzene rings is 1. The summed E-state index contributed by atoms with van der Waals surface area (Å²) in [5.41, 5.74) is 7.26. The lowest BCUT2D eigenvalue weighted by molar-refractivity contribution is 0.0814. The Balaban J connectivity index is 2.17. The first-order valence-corrected chi connectivity index (χ1v) is 6.80. The van der Waals surface area contributed by atoms with Gasteiger partial charge in [-0.15, -0.1) is 0 Å². The van der Waals surface area contributed by atoms with Gasteiger partial charge in [-0.25, -0.2) is 4.39 Å². The van der Waals surface area contributed by atoms with Crippen molar-refractivity contribution in [2.45, 2.75) is 32.0 Å². The molecule has 0 saturated carbocycles. The third-order valence-corrected chi connectivity index (χ3v) is 3.87. The summed E-state index contributed by atoms with van der Waals surface area (Å²) in [6.07, 6.45) is 1.20. The Morgan fingerprint density at radius 3 is 2.89 bits per heavy atom. The number of hydrogen-bond acceptors (Lipinski definition) is 3. The first-order valence-electron chi connectivity index (χ1n) is 6.39. The van der Waals surface area contributed by atoms with Crippen LogP contribution in [0.25, 0.3) is 0 Å². The molecule has 1 fully saturated rings. The number of nitrogens with two attached hydrogens (primary N) is 1. The van der Waals surface area contributed by atoms with Gasteiger partial charge in [0.15, 0.2) is 0 Å². The predicted molar refractivity (Wildman–Crippen MR) is 77.6 cm³/mol. The molecule has 0 aliphatic carbocycles. The molecule has 2 atom stereocenters. The lowest BCUT2D eigenvalue weighted by Gasteiger charge is -2.27. The zero-order valence-corrected chi connectivity index (χ0v) is 12.0. The fourth-order valence-corrected chi connectivity index (χ4v) is 2.82. The minimum atomic E-state index is -0.265. The summed E-state index contributed by atoms with van der Waals surface area (Å²) in [5, 5.41) is 0. The van der Waals surface area contributed by atoms with Gasteiger partial charge in [0, 0.05) is 24.8 Å². The van der Waals surface area contributed by atoms with E-state index in [1.165, 1.54) is 12.1 Å². The van der Waals surface area contributed by atoms with E-state index in [1.807, 2.05) is 7.05 Å². The quantitative estimate of drug-likeness (QED) is 0.858. The van der Waals surface area contributed by atoms with Crippen LogP contribution < -0.4 is 5.73 Å². The molecule has 5 heteroatoms. The Kier molecular flexibility index (Phi) is 4.50. The third kappa shape index (κ3) is 3.29. The van der Waals surface area contributed by atoms with Gasteiger partial charge in [0.25, 0.3) is 0 Å². The third-order valence-electron chi connectivity index (χ3n) is 3.65. The van der Waals surface area contributed by atoms with Crippen molar-refractivity contribution in [2.24, 2.45) is 5.73 Å². The van der Waals surface area contributed by atoms with Crippen LogP contribution in [0.1, 0.15) is 24.5 Å². The Hall–Kier alpha value is -1.04. The largest absolute Gasteiger partial charge is 0.389 e. The molecule has 0 amide bonds. The van der Waals surface area contributed by atoms with Crippen LogP contribution in [0.4, 0.5) is 4.39 Å². The van der Waals surface area contributed by atoms with Crippen molar-refractivity contribution >= 4 is 17.2 Å². The van der Waals surface area contributed by atoms with Gasteiger partial charge < -0.3 is 10.5 Å². The van der Waals surface area contributed by atoms with Crippen molar-refractivity contribution < 1.29 is 9.13 Å². The molecule has 2 unspecified atom stereocenters. The standard InChI is InChI=1S/C14H19FN2OS/c1-9-13(5-6-18-9)17(2)8-10-7-11(15)3-4-12(10)14(16)19/h3-4,7,9,13H,5-6,8H2,1-2H3,(H2,16,19). The van der Waals surface area contributed by atoms with Crippen LogP contribution in [0.3, 0.4) is 0 Å². The molecule has 0 radical (unpaired) electrons. The van der Waals surface area contributed by atoms with E-state index in [2.05, 4.69) is 11.8 Å². The highest BCUT2D eigenvalue weighted by molar-refractivity contribution is 7.80. The molecular weight excluding hydrogens is 263 g/mol. The van der Waals surface area contributed by atoms with E-state index in [4.69, 9.17) is 22.7 Å². The van der Waals surface area contributed by atoms with Gasteiger partial charge in [-0.05, 0) is 44.2 Å². The molecule has 1 heterocycles. The molecule has 1 aromatic carbocycles. The SMILES string of the molecule is CC1OCCC1N(C)Cc1cc(F)ccc1C(N)=S. The molecule has 1 aromatic rings. The molecule has 1 aliphatic heterocycles. The van der Waals surface area contributed by atoms with Crippen molar-refractivity contribution in [3.05, 3.63) is 35.1 Å². The summed E-state index contributed by atoms with van der Waals surface area (Å²) >= 11 is 5.02. The zero-order valence-electron chi connectivity index (χ0n) is 11.2. The van der Waals surface area contributed by atoms with Gasteiger partial charge in [-0.2, -0.15) is 0 Å². The van der Waals surface area contributed by atoms with Gasteiger partial charge in [-0.1, -0.05) is 12.2 Å². The van der Waals surface area contributed by atoms with Crippen molar-refractivity contribution in [3.63, 3.8) is 0 Å². The van der Waals surface area contributed by atoms with Crippen molar-refractivity contribution in [3.8, 4) is 0 Å². The summed E-state index contributed by atoms with van der Waals surface area (Å²) in [4.78, 5) is 2.48. The van der Waals surface area contributed by atoms with Crippen LogP contribution in [0.5, 0.6) is 0 Å². The molecule has 2 N–H and O–H groups in total. The molecule has 2 rings (SSSR count). The first kappa shape index (κ1) is 14.4. The molecule has 0 aromatic heterocycles. The van der Waals surface area contributed by atoms with Crippen LogP contribution in [0, 0.1) is 5.82 Å². The highest BCUT2D eigenvalue weighted by Gasteiger charge is 2.28. The Bertz CT molecular complexity index is 481. The Morgan fingerprint density at radius 1 is 1.58 bits per heavy atom. The van der Waals surface area contributed by atoms with Gasteiger partial charge in [0.1, 0.15) is 10.8 Å². The maximum atomic E-state index is 13.4. The molecule has 1 aliphatic rings. The molecule has 104 valence electrons. The summed E-state index contributed by atoms with van der Waals surface area (Å²) in [7, 11) is 2.02. The van der Waals surface area contributed by atoms with E-state index >= 15 is 0 Å². The van der Waals surface area contributed by atoms with Gasteiger partial charge >= 0.3 is 0 Å². The second-order valence-electron chi connectivity index (χ2n) is 5.01. The number of rotatable bonds is 4. The fourth-order valence-electron chi connectivity index (χ4n) is 2.62. The Morgan fingerprint density at radius 2 is 2.32 bits per heavy atom. The van der Waals surface area contributed by atoms with E-state index in [9.17, 15) is 4.39 Å². The number of thiocarbonyl (C=S) groups is 1. The lowest BCUT2D eigenvalue weighted by Crippen LogP contribution is -2.36. The second-order valence-corrected chi connectivity index (χ2v) is 5.45. The highest BCUT2D eigenvalue weighted by Crippen LogP contribution is 2.21. The van der Waals surface area contributed by atoms with E-state index in [-0.39, 0.29) is 11.9 Å². The van der Waals surface area contributed by atoms with Crippen LogP contribution in [-0.2, 0) is 11.3 Å². The molecule has 19 heavy (non-hydrogen) atoms. The maximum Gasteiger partial charge on any atom is 0.123 e. The summed E-state index contributed by atoms with van der Waals surface area (Å²) in [6.45, 7) is 3.46. The van der Waals surface area contributed by atoms with Crippen LogP contribution in [0.15, 0.2) is 18.2 Å². The van der Waals surface area contributed by atoms with Gasteiger partial charge in [-0.3, -0.25) is 4.90 Å². The molecular formula is C14H19FN2OS. The number of nitrogens with zero attached hydrogens (tertiary/aromatic N) is 1. The van der Waals surface area contributed by atoms with Crippen LogP contribution in [0.2, 0.25) is 0 Å². The van der Waals surface area contributed by atoms with Crippen molar-refractivity contribution in [1.82, 2.24) is 4.90 Å². The lowest BCUT2D eigenvalue weighted by atomic mass is 10.0. The van der Waals surface area contributed by atoms with Crippen LogP contribution >= 0.6 is 12.2 Å². The fraction of sp³-hybridized carbons (Fsp3) is 0.500. The zero-order chi connectivity index (χ0) is 14.0. The number of ether oxygens (including phenoxy) is 1. The monoisotopic (exact) mass is 282 g/mol.